The molecular weight excluding hydrogens is 459 g/mol. The normalized spacial score (nSPS) is 18.6. The van der Waals surface area contributed by atoms with Crippen LogP contribution in [0.25, 0.3) is 0 Å². The van der Waals surface area contributed by atoms with Gasteiger partial charge in [-0.3, -0.25) is 4.79 Å². The average Bonchev–Trinajstić information content (AvgIpc) is 3.18. The number of carbonyl (C=O) groups is 1. The first-order chi connectivity index (χ1) is 15.4. The fourth-order valence-electron chi connectivity index (χ4n) is 3.06. The van der Waals surface area contributed by atoms with Crippen LogP contribution in [-0.4, -0.2) is 23.6 Å². The molecule has 1 aliphatic rings. The molecule has 33 heavy (non-hydrogen) atoms. The van der Waals surface area contributed by atoms with Crippen LogP contribution in [-0.2, 0) is 11.0 Å². The number of aliphatic imine (C=N–C) groups is 1. The molecule has 5 nitrogen and oxygen atoms in total. The standard InChI is InChI=1S/C21H18F7N3O2/c1-2-3-10-19(21(26,27)28)30-17(31-33-19)12-4-9-15(16(22)11-12)18(32)29-14-7-5-13(6-8-14)20(23,24)25/h4-9,11H,2-3,10H2,1H3,(H,29,32)(H,30,31). The van der Waals surface area contributed by atoms with E-state index in [0.29, 0.717) is 6.42 Å². The number of halogens is 7. The van der Waals surface area contributed by atoms with Crippen molar-refractivity contribution in [3.8, 4) is 0 Å². The Hall–Kier alpha value is -3.15. The maximum Gasteiger partial charge on any atom is 0.440 e. The van der Waals surface area contributed by atoms with Gasteiger partial charge in [0.1, 0.15) is 5.82 Å². The molecule has 1 unspecified atom stereocenters. The zero-order valence-corrected chi connectivity index (χ0v) is 17.1. The zero-order valence-electron chi connectivity index (χ0n) is 17.1. The number of anilines is 1. The number of carbonyl (C=O) groups excluding carboxylic acids is 1. The van der Waals surface area contributed by atoms with Crippen LogP contribution in [0.5, 0.6) is 0 Å². The maximum atomic E-state index is 14.6. The molecule has 12 heteroatoms. The molecule has 0 spiro atoms. The highest BCUT2D eigenvalue weighted by Crippen LogP contribution is 2.41. The lowest BCUT2D eigenvalue weighted by molar-refractivity contribution is -0.280. The van der Waals surface area contributed by atoms with E-state index in [0.717, 1.165) is 36.4 Å². The minimum absolute atomic E-state index is 0.00223. The summed E-state index contributed by atoms with van der Waals surface area (Å²) in [6.45, 7) is 1.71. The summed E-state index contributed by atoms with van der Waals surface area (Å²) in [5.41, 5.74) is -2.19. The number of amides is 1. The van der Waals surface area contributed by atoms with E-state index in [1.54, 1.807) is 6.92 Å². The molecule has 2 aromatic carbocycles. The fraction of sp³-hybridized carbons (Fsp3) is 0.333. The van der Waals surface area contributed by atoms with Gasteiger partial charge in [-0.2, -0.15) is 26.3 Å². The summed E-state index contributed by atoms with van der Waals surface area (Å²) in [5.74, 6) is -2.37. The van der Waals surface area contributed by atoms with Crippen LogP contribution >= 0.6 is 0 Å². The highest BCUT2D eigenvalue weighted by atomic mass is 19.4. The van der Waals surface area contributed by atoms with E-state index >= 15 is 0 Å². The molecule has 1 amide bonds. The molecule has 0 aliphatic carbocycles. The van der Waals surface area contributed by atoms with Crippen molar-refractivity contribution in [3.63, 3.8) is 0 Å². The Morgan fingerprint density at radius 2 is 1.76 bits per heavy atom. The van der Waals surface area contributed by atoms with Crippen molar-refractivity contribution < 1.29 is 40.4 Å². The summed E-state index contributed by atoms with van der Waals surface area (Å²) in [6, 6.07) is 6.53. The number of nitrogens with one attached hydrogen (secondary N) is 2. The molecule has 0 bridgehead atoms. The smallest absolute Gasteiger partial charge is 0.322 e. The largest absolute Gasteiger partial charge is 0.440 e. The minimum Gasteiger partial charge on any atom is -0.322 e. The molecule has 3 rings (SSSR count). The average molecular weight is 477 g/mol. The Balaban J connectivity index is 1.79. The Labute approximate surface area is 183 Å². The molecule has 0 saturated carbocycles. The number of nitrogens with zero attached hydrogens (tertiary/aromatic N) is 1. The first-order valence-electron chi connectivity index (χ1n) is 9.75. The number of alkyl halides is 6. The molecule has 0 saturated heterocycles. The van der Waals surface area contributed by atoms with E-state index in [9.17, 15) is 35.5 Å². The molecule has 2 N–H and O–H groups in total. The van der Waals surface area contributed by atoms with Gasteiger partial charge in [0.15, 0.2) is 5.84 Å². The number of hydrogen-bond acceptors (Lipinski definition) is 4. The molecule has 0 aromatic heterocycles. The summed E-state index contributed by atoms with van der Waals surface area (Å²) in [7, 11) is 0. The molecule has 0 radical (unpaired) electrons. The van der Waals surface area contributed by atoms with Crippen molar-refractivity contribution in [3.05, 3.63) is 65.0 Å². The van der Waals surface area contributed by atoms with Gasteiger partial charge in [-0.05, 0) is 42.8 Å². The lowest BCUT2D eigenvalue weighted by Crippen LogP contribution is -2.45. The third-order valence-electron chi connectivity index (χ3n) is 4.88. The Morgan fingerprint density at radius 1 is 1.09 bits per heavy atom. The van der Waals surface area contributed by atoms with E-state index in [1.807, 2.05) is 0 Å². The van der Waals surface area contributed by atoms with Gasteiger partial charge in [0, 0.05) is 17.7 Å². The fourth-order valence-corrected chi connectivity index (χ4v) is 3.06. The van der Waals surface area contributed by atoms with Crippen molar-refractivity contribution in [2.75, 3.05) is 5.32 Å². The quantitative estimate of drug-likeness (QED) is 0.515. The van der Waals surface area contributed by atoms with Crippen LogP contribution in [0.15, 0.2) is 47.5 Å². The van der Waals surface area contributed by atoms with Crippen molar-refractivity contribution in [2.24, 2.45) is 4.99 Å². The number of hydrogen-bond donors (Lipinski definition) is 2. The third-order valence-corrected chi connectivity index (χ3v) is 4.88. The second kappa shape index (κ2) is 9.00. The van der Waals surface area contributed by atoms with Gasteiger partial charge in [-0.25, -0.2) is 19.7 Å². The lowest BCUT2D eigenvalue weighted by Gasteiger charge is -2.26. The van der Waals surface area contributed by atoms with E-state index in [1.165, 1.54) is 6.07 Å². The van der Waals surface area contributed by atoms with Crippen LogP contribution in [0.3, 0.4) is 0 Å². The zero-order chi connectivity index (χ0) is 24.4. The van der Waals surface area contributed by atoms with Crippen molar-refractivity contribution >= 4 is 17.4 Å². The molecule has 1 heterocycles. The third kappa shape index (κ3) is 5.27. The van der Waals surface area contributed by atoms with Gasteiger partial charge in [0.2, 0.25) is 0 Å². The SMILES string of the molecule is CCCCC1(C(F)(F)F)N=C(c2ccc(C(=O)Nc3ccc(C(F)(F)F)cc3)c(F)c2)NO1. The molecule has 2 aromatic rings. The highest BCUT2D eigenvalue weighted by Gasteiger charge is 2.59. The topological polar surface area (TPSA) is 62.7 Å². The predicted octanol–water partition coefficient (Wildman–Crippen LogP) is 5.83. The molecule has 178 valence electrons. The Kier molecular flexibility index (Phi) is 6.68. The molecule has 1 aliphatic heterocycles. The Morgan fingerprint density at radius 3 is 2.30 bits per heavy atom. The number of unbranched alkanes of at least 4 members (excludes halogenated alkanes) is 1. The number of rotatable bonds is 6. The second-order valence-electron chi connectivity index (χ2n) is 7.27. The highest BCUT2D eigenvalue weighted by molar-refractivity contribution is 6.05. The maximum absolute atomic E-state index is 14.6. The summed E-state index contributed by atoms with van der Waals surface area (Å²) >= 11 is 0. The van der Waals surface area contributed by atoms with Gasteiger partial charge in [-0.1, -0.05) is 19.4 Å². The molecule has 0 fully saturated rings. The molecule has 1 atom stereocenters. The van der Waals surface area contributed by atoms with Crippen molar-refractivity contribution in [1.82, 2.24) is 5.48 Å². The number of amidine groups is 1. The van der Waals surface area contributed by atoms with Crippen LogP contribution in [0.1, 0.15) is 47.7 Å². The van der Waals surface area contributed by atoms with E-state index in [-0.39, 0.29) is 23.5 Å². The summed E-state index contributed by atoms with van der Waals surface area (Å²) in [4.78, 5) is 20.7. The summed E-state index contributed by atoms with van der Waals surface area (Å²) in [6.07, 6.45) is -9.12. The van der Waals surface area contributed by atoms with Gasteiger partial charge in [-0.15, -0.1) is 0 Å². The first kappa shape index (κ1) is 24.5. The van der Waals surface area contributed by atoms with E-state index < -0.39 is 47.3 Å². The van der Waals surface area contributed by atoms with Gasteiger partial charge in [0.05, 0.1) is 11.1 Å². The predicted molar refractivity (Wildman–Crippen MR) is 105 cm³/mol. The second-order valence-corrected chi connectivity index (χ2v) is 7.27. The van der Waals surface area contributed by atoms with Crippen molar-refractivity contribution in [1.29, 1.82) is 0 Å². The van der Waals surface area contributed by atoms with Gasteiger partial charge >= 0.3 is 12.4 Å². The van der Waals surface area contributed by atoms with Crippen LogP contribution in [0, 0.1) is 5.82 Å². The summed E-state index contributed by atoms with van der Waals surface area (Å²) in [5, 5.41) is 2.26. The van der Waals surface area contributed by atoms with Crippen molar-refractivity contribution in [2.45, 2.75) is 44.3 Å². The van der Waals surface area contributed by atoms with Crippen LogP contribution in [0.4, 0.5) is 36.4 Å². The summed E-state index contributed by atoms with van der Waals surface area (Å²) < 4.78 is 92.9. The molecular formula is C21H18F7N3O2. The Bertz CT molecular complexity index is 1050. The van der Waals surface area contributed by atoms with E-state index in [2.05, 4.69) is 15.8 Å². The van der Waals surface area contributed by atoms with Gasteiger partial charge in [0.25, 0.3) is 11.6 Å². The monoisotopic (exact) mass is 477 g/mol. The van der Waals surface area contributed by atoms with E-state index in [4.69, 9.17) is 4.84 Å². The number of hydroxylamine groups is 1. The minimum atomic E-state index is -4.81. The first-order valence-corrected chi connectivity index (χ1v) is 9.75. The number of benzene rings is 2. The van der Waals surface area contributed by atoms with Crippen LogP contribution in [0.2, 0.25) is 0 Å². The lowest BCUT2D eigenvalue weighted by atomic mass is 10.1. The van der Waals surface area contributed by atoms with Gasteiger partial charge < -0.3 is 5.32 Å². The van der Waals surface area contributed by atoms with Crippen LogP contribution < -0.4 is 10.8 Å².